The molecule has 0 saturated heterocycles. The number of fused-ring (bicyclic) bond motifs is 1. The van der Waals surface area contributed by atoms with Crippen LogP contribution in [0.2, 0.25) is 0 Å². The van der Waals surface area contributed by atoms with E-state index in [-0.39, 0.29) is 17.2 Å². The lowest BCUT2D eigenvalue weighted by Crippen LogP contribution is -2.35. The van der Waals surface area contributed by atoms with Gasteiger partial charge in [-0.05, 0) is 49.4 Å². The molecule has 0 aliphatic carbocycles. The molecule has 0 fully saturated rings. The van der Waals surface area contributed by atoms with Crippen LogP contribution >= 0.6 is 0 Å². The number of rotatable bonds is 3. The predicted molar refractivity (Wildman–Crippen MR) is 91.0 cm³/mol. The summed E-state index contributed by atoms with van der Waals surface area (Å²) in [7, 11) is 0. The van der Waals surface area contributed by atoms with E-state index in [1.54, 1.807) is 4.90 Å². The Balaban J connectivity index is 2.02. The number of carboxylic acid groups (broad SMARTS) is 1. The van der Waals surface area contributed by atoms with E-state index in [1.165, 1.54) is 17.2 Å². The summed E-state index contributed by atoms with van der Waals surface area (Å²) in [5.41, 5.74) is 4.45. The van der Waals surface area contributed by atoms with E-state index < -0.39 is 5.97 Å². The summed E-state index contributed by atoms with van der Waals surface area (Å²) >= 11 is 0. The normalized spacial score (nSPS) is 13.7. The highest BCUT2D eigenvalue weighted by Crippen LogP contribution is 2.32. The summed E-state index contributed by atoms with van der Waals surface area (Å²) in [5.74, 6) is -0.914. The molecule has 1 aliphatic rings. The van der Waals surface area contributed by atoms with Crippen LogP contribution in [0.15, 0.2) is 22.6 Å². The molecule has 5 nitrogen and oxygen atoms in total. The SMILES string of the molecule is CCc1oc(C(=O)N2CCCc3c(C)cc(C)cc32)cc1C(=O)O. The first kappa shape index (κ1) is 16.3. The van der Waals surface area contributed by atoms with Crippen molar-refractivity contribution >= 4 is 17.6 Å². The van der Waals surface area contributed by atoms with Gasteiger partial charge < -0.3 is 14.4 Å². The first-order valence-electron chi connectivity index (χ1n) is 8.20. The Morgan fingerprint density at radius 2 is 2.00 bits per heavy atom. The fraction of sp³-hybridized carbons (Fsp3) is 0.368. The van der Waals surface area contributed by atoms with E-state index in [1.807, 2.05) is 19.9 Å². The largest absolute Gasteiger partial charge is 0.478 e. The average molecular weight is 327 g/mol. The number of amides is 1. The summed E-state index contributed by atoms with van der Waals surface area (Å²) in [5, 5.41) is 9.25. The lowest BCUT2D eigenvalue weighted by atomic mass is 9.95. The molecule has 5 heteroatoms. The van der Waals surface area contributed by atoms with Gasteiger partial charge in [-0.15, -0.1) is 0 Å². The molecule has 0 saturated carbocycles. The highest BCUT2D eigenvalue weighted by Gasteiger charge is 2.28. The van der Waals surface area contributed by atoms with E-state index in [0.29, 0.717) is 18.7 Å². The van der Waals surface area contributed by atoms with Crippen molar-refractivity contribution in [3.8, 4) is 0 Å². The molecule has 2 aromatic rings. The number of aromatic carboxylic acids is 1. The molecule has 126 valence electrons. The smallest absolute Gasteiger partial charge is 0.339 e. The van der Waals surface area contributed by atoms with Crippen molar-refractivity contribution in [2.75, 3.05) is 11.4 Å². The summed E-state index contributed by atoms with van der Waals surface area (Å²) < 4.78 is 5.54. The fourth-order valence-electron chi connectivity index (χ4n) is 3.40. The first-order chi connectivity index (χ1) is 11.4. The zero-order valence-electron chi connectivity index (χ0n) is 14.2. The van der Waals surface area contributed by atoms with Gasteiger partial charge in [0, 0.05) is 24.7 Å². The Morgan fingerprint density at radius 1 is 1.25 bits per heavy atom. The molecular weight excluding hydrogens is 306 g/mol. The second-order valence-corrected chi connectivity index (χ2v) is 6.25. The number of carbonyl (C=O) groups is 2. The number of furan rings is 1. The van der Waals surface area contributed by atoms with Gasteiger partial charge in [0.1, 0.15) is 11.3 Å². The third-order valence-electron chi connectivity index (χ3n) is 4.51. The van der Waals surface area contributed by atoms with Gasteiger partial charge in [-0.2, -0.15) is 0 Å². The summed E-state index contributed by atoms with van der Waals surface area (Å²) in [6.07, 6.45) is 2.27. The highest BCUT2D eigenvalue weighted by molar-refractivity contribution is 6.06. The standard InChI is InChI=1S/C19H21NO4/c1-4-16-14(19(22)23)10-17(24-16)18(21)20-7-5-6-13-12(3)8-11(2)9-15(13)20/h8-10H,4-7H2,1-3H3,(H,22,23). The number of nitrogens with zero attached hydrogens (tertiary/aromatic N) is 1. The topological polar surface area (TPSA) is 70.8 Å². The van der Waals surface area contributed by atoms with Crippen molar-refractivity contribution in [2.45, 2.75) is 40.0 Å². The molecule has 3 rings (SSSR count). The van der Waals surface area contributed by atoms with Crippen molar-refractivity contribution < 1.29 is 19.1 Å². The summed E-state index contributed by atoms with van der Waals surface area (Å²) in [6, 6.07) is 5.49. The molecule has 1 N–H and O–H groups in total. The zero-order chi connectivity index (χ0) is 17.4. The van der Waals surface area contributed by atoms with Gasteiger partial charge in [-0.3, -0.25) is 4.79 Å². The van der Waals surface area contributed by atoms with Crippen LogP contribution in [0.5, 0.6) is 0 Å². The third kappa shape index (κ3) is 2.70. The number of benzene rings is 1. The molecule has 1 aliphatic heterocycles. The second-order valence-electron chi connectivity index (χ2n) is 6.25. The lowest BCUT2D eigenvalue weighted by Gasteiger charge is -2.30. The number of carboxylic acids is 1. The highest BCUT2D eigenvalue weighted by atomic mass is 16.4. The molecule has 1 aromatic heterocycles. The Hall–Kier alpha value is -2.56. The summed E-state index contributed by atoms with van der Waals surface area (Å²) in [6.45, 7) is 6.49. The Morgan fingerprint density at radius 3 is 2.62 bits per heavy atom. The van der Waals surface area contributed by atoms with E-state index in [0.717, 1.165) is 24.1 Å². The number of anilines is 1. The molecule has 1 amide bonds. The van der Waals surface area contributed by atoms with Crippen molar-refractivity contribution in [3.05, 3.63) is 52.0 Å². The molecule has 0 spiro atoms. The van der Waals surface area contributed by atoms with E-state index in [4.69, 9.17) is 4.42 Å². The molecular formula is C19H21NO4. The van der Waals surface area contributed by atoms with Crippen molar-refractivity contribution in [2.24, 2.45) is 0 Å². The molecule has 0 unspecified atom stereocenters. The molecule has 0 atom stereocenters. The number of hydrogen-bond donors (Lipinski definition) is 1. The number of aryl methyl sites for hydroxylation is 3. The maximum Gasteiger partial charge on any atom is 0.339 e. The van der Waals surface area contributed by atoms with Gasteiger partial charge in [0.05, 0.1) is 0 Å². The number of carbonyl (C=O) groups excluding carboxylic acids is 1. The molecule has 24 heavy (non-hydrogen) atoms. The minimum Gasteiger partial charge on any atom is -0.478 e. The van der Waals surface area contributed by atoms with Gasteiger partial charge >= 0.3 is 5.97 Å². The zero-order valence-corrected chi connectivity index (χ0v) is 14.2. The Labute approximate surface area is 140 Å². The van der Waals surface area contributed by atoms with Gasteiger partial charge in [0.2, 0.25) is 0 Å². The van der Waals surface area contributed by atoms with E-state index in [2.05, 4.69) is 13.0 Å². The van der Waals surface area contributed by atoms with Crippen LogP contribution in [0.3, 0.4) is 0 Å². The maximum atomic E-state index is 12.9. The molecule has 1 aromatic carbocycles. The lowest BCUT2D eigenvalue weighted by molar-refractivity contribution is 0.0694. The fourth-order valence-corrected chi connectivity index (χ4v) is 3.40. The van der Waals surface area contributed by atoms with Crippen LogP contribution in [0, 0.1) is 13.8 Å². The predicted octanol–water partition coefficient (Wildman–Crippen LogP) is 3.75. The van der Waals surface area contributed by atoms with Crippen molar-refractivity contribution in [3.63, 3.8) is 0 Å². The quantitative estimate of drug-likeness (QED) is 0.932. The van der Waals surface area contributed by atoms with Gasteiger partial charge in [-0.25, -0.2) is 4.79 Å². The summed E-state index contributed by atoms with van der Waals surface area (Å²) in [4.78, 5) is 25.9. The van der Waals surface area contributed by atoms with Gasteiger partial charge in [-0.1, -0.05) is 13.0 Å². The first-order valence-corrected chi connectivity index (χ1v) is 8.20. The van der Waals surface area contributed by atoms with Crippen LogP contribution in [-0.4, -0.2) is 23.5 Å². The van der Waals surface area contributed by atoms with Gasteiger partial charge in [0.15, 0.2) is 5.76 Å². The number of hydrogen-bond acceptors (Lipinski definition) is 3. The molecule has 0 radical (unpaired) electrons. The monoisotopic (exact) mass is 327 g/mol. The van der Waals surface area contributed by atoms with Crippen LogP contribution in [0.1, 0.15) is 56.7 Å². The van der Waals surface area contributed by atoms with Crippen LogP contribution in [0.4, 0.5) is 5.69 Å². The molecule has 2 heterocycles. The van der Waals surface area contributed by atoms with Crippen LogP contribution in [0.25, 0.3) is 0 Å². The third-order valence-corrected chi connectivity index (χ3v) is 4.51. The van der Waals surface area contributed by atoms with Crippen molar-refractivity contribution in [1.29, 1.82) is 0 Å². The average Bonchev–Trinajstić information content (AvgIpc) is 2.98. The van der Waals surface area contributed by atoms with E-state index in [9.17, 15) is 14.7 Å². The van der Waals surface area contributed by atoms with Crippen LogP contribution in [-0.2, 0) is 12.8 Å². The molecule has 0 bridgehead atoms. The van der Waals surface area contributed by atoms with Crippen LogP contribution < -0.4 is 4.90 Å². The second kappa shape index (κ2) is 6.15. The minimum absolute atomic E-state index is 0.0681. The maximum absolute atomic E-state index is 12.9. The van der Waals surface area contributed by atoms with E-state index >= 15 is 0 Å². The Kier molecular flexibility index (Phi) is 4.18. The van der Waals surface area contributed by atoms with Gasteiger partial charge in [0.25, 0.3) is 5.91 Å². The Bertz CT molecular complexity index is 819. The minimum atomic E-state index is -1.07. The van der Waals surface area contributed by atoms with Crippen molar-refractivity contribution in [1.82, 2.24) is 0 Å².